The van der Waals surface area contributed by atoms with Gasteiger partial charge in [0.25, 0.3) is 0 Å². The molecule has 0 aliphatic heterocycles. The Morgan fingerprint density at radius 2 is 2.04 bits per heavy atom. The molecule has 0 unspecified atom stereocenters. The molecule has 130 valence electrons. The normalized spacial score (nSPS) is 11.5. The molecule has 10 heteroatoms. The van der Waals surface area contributed by atoms with Crippen LogP contribution in [-0.2, 0) is 28.4 Å². The van der Waals surface area contributed by atoms with Crippen molar-refractivity contribution in [3.63, 3.8) is 0 Å². The number of carbonyl (C=O) groups excluding carboxylic acids is 1. The van der Waals surface area contributed by atoms with Gasteiger partial charge in [0.1, 0.15) is 0 Å². The number of aryl methyl sites for hydroxylation is 1. The minimum atomic E-state index is -4.01. The smallest absolute Gasteiger partial charge is 0.240 e. The molecular weight excluding hydrogens is 342 g/mol. The van der Waals surface area contributed by atoms with Gasteiger partial charge in [0, 0.05) is 38.3 Å². The summed E-state index contributed by atoms with van der Waals surface area (Å²) in [5, 5.41) is 6.57. The summed E-state index contributed by atoms with van der Waals surface area (Å²) in [5.41, 5.74) is 0.813. The van der Waals surface area contributed by atoms with Gasteiger partial charge in [0.05, 0.1) is 11.1 Å². The van der Waals surface area contributed by atoms with Gasteiger partial charge in [0.15, 0.2) is 11.6 Å². The molecule has 0 saturated heterocycles. The molecule has 24 heavy (non-hydrogen) atoms. The topological polar surface area (TPSA) is 93.1 Å². The summed E-state index contributed by atoms with van der Waals surface area (Å²) in [6.45, 7) is 0.114. The zero-order valence-electron chi connectivity index (χ0n) is 12.8. The third kappa shape index (κ3) is 4.83. The highest BCUT2D eigenvalue weighted by Crippen LogP contribution is 2.13. The Morgan fingerprint density at radius 1 is 1.29 bits per heavy atom. The number of sulfonamides is 1. The molecule has 0 aliphatic carbocycles. The van der Waals surface area contributed by atoms with E-state index in [0.29, 0.717) is 6.07 Å². The maximum atomic E-state index is 13.1. The summed E-state index contributed by atoms with van der Waals surface area (Å²) >= 11 is 0. The van der Waals surface area contributed by atoms with Crippen molar-refractivity contribution in [3.8, 4) is 0 Å². The summed E-state index contributed by atoms with van der Waals surface area (Å²) < 4.78 is 53.5. The molecule has 1 heterocycles. The molecule has 0 bridgehead atoms. The third-order valence-corrected chi connectivity index (χ3v) is 4.55. The van der Waals surface area contributed by atoms with Crippen LogP contribution in [0.15, 0.2) is 35.5 Å². The van der Waals surface area contributed by atoms with Gasteiger partial charge >= 0.3 is 0 Å². The monoisotopic (exact) mass is 358 g/mol. The highest BCUT2D eigenvalue weighted by Gasteiger charge is 2.16. The Balaban J connectivity index is 1.81. The van der Waals surface area contributed by atoms with Gasteiger partial charge in [0.2, 0.25) is 15.9 Å². The van der Waals surface area contributed by atoms with Crippen molar-refractivity contribution in [2.45, 2.75) is 17.9 Å². The van der Waals surface area contributed by atoms with Crippen molar-refractivity contribution in [3.05, 3.63) is 47.8 Å². The van der Waals surface area contributed by atoms with E-state index >= 15 is 0 Å². The minimum Gasteiger partial charge on any atom is -0.352 e. The molecule has 0 radical (unpaired) electrons. The van der Waals surface area contributed by atoms with Crippen LogP contribution in [0.3, 0.4) is 0 Å². The Bertz CT molecular complexity index is 836. The highest BCUT2D eigenvalue weighted by atomic mass is 32.2. The number of hydrogen-bond acceptors (Lipinski definition) is 4. The van der Waals surface area contributed by atoms with Gasteiger partial charge in [-0.25, -0.2) is 21.9 Å². The minimum absolute atomic E-state index is 0.0941. The molecule has 2 rings (SSSR count). The quantitative estimate of drug-likeness (QED) is 0.761. The van der Waals surface area contributed by atoms with E-state index in [2.05, 4.69) is 15.1 Å². The van der Waals surface area contributed by atoms with Gasteiger partial charge in [-0.2, -0.15) is 5.10 Å². The number of benzene rings is 1. The largest absolute Gasteiger partial charge is 0.352 e. The lowest BCUT2D eigenvalue weighted by Crippen LogP contribution is -2.30. The van der Waals surface area contributed by atoms with E-state index < -0.39 is 26.6 Å². The number of rotatable bonds is 7. The lowest BCUT2D eigenvalue weighted by atomic mass is 10.3. The van der Waals surface area contributed by atoms with Crippen LogP contribution < -0.4 is 10.0 Å². The van der Waals surface area contributed by atoms with Crippen LogP contribution >= 0.6 is 0 Å². The van der Waals surface area contributed by atoms with Crippen LogP contribution in [-0.4, -0.2) is 30.7 Å². The zero-order valence-corrected chi connectivity index (χ0v) is 13.6. The SMILES string of the molecule is Cn1cc(CNC(=O)CCNS(=O)(=O)c2ccc(F)c(F)c2)cn1. The number of hydrogen-bond donors (Lipinski definition) is 2. The summed E-state index contributed by atoms with van der Waals surface area (Å²) in [6, 6.07) is 2.26. The van der Waals surface area contributed by atoms with Crippen LogP contribution in [0.5, 0.6) is 0 Å². The lowest BCUT2D eigenvalue weighted by molar-refractivity contribution is -0.121. The van der Waals surface area contributed by atoms with Crippen molar-refractivity contribution >= 4 is 15.9 Å². The summed E-state index contributed by atoms with van der Waals surface area (Å²) in [4.78, 5) is 11.3. The van der Waals surface area contributed by atoms with Gasteiger partial charge < -0.3 is 5.32 Å². The first-order valence-electron chi connectivity index (χ1n) is 6.97. The first-order valence-corrected chi connectivity index (χ1v) is 8.45. The Hall–Kier alpha value is -2.33. The molecule has 0 fully saturated rings. The van der Waals surface area contributed by atoms with Crippen LogP contribution in [0, 0.1) is 11.6 Å². The van der Waals surface area contributed by atoms with Crippen LogP contribution in [0.4, 0.5) is 8.78 Å². The maximum absolute atomic E-state index is 13.1. The summed E-state index contributed by atoms with van der Waals surface area (Å²) in [5.74, 6) is -2.75. The predicted octanol–water partition coefficient (Wildman–Crippen LogP) is 0.683. The Kier molecular flexibility index (Phi) is 5.62. The lowest BCUT2D eigenvalue weighted by Gasteiger charge is -2.07. The average Bonchev–Trinajstić information content (AvgIpc) is 2.93. The second kappa shape index (κ2) is 7.49. The van der Waals surface area contributed by atoms with Gasteiger partial charge in [-0.3, -0.25) is 9.48 Å². The molecular formula is C14H16F2N4O3S. The van der Waals surface area contributed by atoms with E-state index in [0.717, 1.165) is 17.7 Å². The number of carbonyl (C=O) groups is 1. The van der Waals surface area contributed by atoms with Crippen LogP contribution in [0.1, 0.15) is 12.0 Å². The molecule has 7 nitrogen and oxygen atoms in total. The Labute approximate surface area is 137 Å². The predicted molar refractivity (Wildman–Crippen MR) is 81.2 cm³/mol. The van der Waals surface area contributed by atoms with Gasteiger partial charge in [-0.05, 0) is 18.2 Å². The molecule has 1 aromatic heterocycles. The standard InChI is InChI=1S/C14H16F2N4O3S/c1-20-9-10(8-18-20)7-17-14(21)4-5-19-24(22,23)11-2-3-12(15)13(16)6-11/h2-3,6,8-9,19H,4-5,7H2,1H3,(H,17,21). The molecule has 2 N–H and O–H groups in total. The van der Waals surface area contributed by atoms with Gasteiger partial charge in [-0.1, -0.05) is 0 Å². The fourth-order valence-corrected chi connectivity index (χ4v) is 2.92. The second-order valence-electron chi connectivity index (χ2n) is 5.02. The van der Waals surface area contributed by atoms with E-state index in [1.807, 2.05) is 0 Å². The first-order chi connectivity index (χ1) is 11.3. The highest BCUT2D eigenvalue weighted by molar-refractivity contribution is 7.89. The van der Waals surface area contributed by atoms with E-state index in [9.17, 15) is 22.0 Å². The molecule has 1 aromatic carbocycles. The zero-order chi connectivity index (χ0) is 17.7. The number of halogens is 2. The van der Waals surface area contributed by atoms with Crippen molar-refractivity contribution < 1.29 is 22.0 Å². The Morgan fingerprint density at radius 3 is 2.67 bits per heavy atom. The molecule has 0 atom stereocenters. The third-order valence-electron chi connectivity index (χ3n) is 3.09. The van der Waals surface area contributed by atoms with Crippen molar-refractivity contribution in [1.29, 1.82) is 0 Å². The van der Waals surface area contributed by atoms with E-state index in [1.54, 1.807) is 24.1 Å². The molecule has 0 saturated carbocycles. The number of aromatic nitrogens is 2. The van der Waals surface area contributed by atoms with Crippen molar-refractivity contribution in [2.75, 3.05) is 6.54 Å². The van der Waals surface area contributed by atoms with E-state index in [1.165, 1.54) is 0 Å². The molecule has 0 aliphatic rings. The van der Waals surface area contributed by atoms with Crippen LogP contribution in [0.25, 0.3) is 0 Å². The van der Waals surface area contributed by atoms with Crippen LogP contribution in [0.2, 0.25) is 0 Å². The van der Waals surface area contributed by atoms with E-state index in [4.69, 9.17) is 0 Å². The number of amides is 1. The van der Waals surface area contributed by atoms with Crippen molar-refractivity contribution in [1.82, 2.24) is 19.8 Å². The second-order valence-corrected chi connectivity index (χ2v) is 6.79. The fraction of sp³-hybridized carbons (Fsp3) is 0.286. The molecule has 1 amide bonds. The van der Waals surface area contributed by atoms with Crippen molar-refractivity contribution in [2.24, 2.45) is 7.05 Å². The summed E-state index contributed by atoms with van der Waals surface area (Å²) in [7, 11) is -2.26. The van der Waals surface area contributed by atoms with E-state index in [-0.39, 0.29) is 25.4 Å². The number of nitrogens with zero attached hydrogens (tertiary/aromatic N) is 2. The number of nitrogens with one attached hydrogen (secondary N) is 2. The fourth-order valence-electron chi connectivity index (χ4n) is 1.88. The maximum Gasteiger partial charge on any atom is 0.240 e. The first kappa shape index (κ1) is 18.0. The summed E-state index contributed by atoms with van der Waals surface area (Å²) in [6.07, 6.45) is 3.25. The van der Waals surface area contributed by atoms with Gasteiger partial charge in [-0.15, -0.1) is 0 Å². The average molecular weight is 358 g/mol. The molecule has 2 aromatic rings. The molecule has 0 spiro atoms.